The highest BCUT2D eigenvalue weighted by molar-refractivity contribution is 5.91. The number of halogens is 3. The first-order valence-electron chi connectivity index (χ1n) is 6.22. The van der Waals surface area contributed by atoms with Crippen LogP contribution in [-0.4, -0.2) is 36.9 Å². The number of hydrogen-bond donors (Lipinski definition) is 2. The van der Waals surface area contributed by atoms with Crippen LogP contribution in [0.3, 0.4) is 0 Å². The van der Waals surface area contributed by atoms with Gasteiger partial charge in [-0.15, -0.1) is 0 Å². The monoisotopic (exact) mass is 321 g/mol. The van der Waals surface area contributed by atoms with Crippen LogP contribution in [0.4, 0.5) is 29.3 Å². The maximum atomic E-state index is 11.8. The Labute approximate surface area is 123 Å². The molecule has 2 N–H and O–H groups in total. The van der Waals surface area contributed by atoms with Crippen LogP contribution in [0.15, 0.2) is 24.3 Å². The third-order valence-corrected chi connectivity index (χ3v) is 2.37. The summed E-state index contributed by atoms with van der Waals surface area (Å²) in [6.45, 7) is -1.43. The Morgan fingerprint density at radius 2 is 2.00 bits per heavy atom. The minimum Gasteiger partial charge on any atom is -0.372 e. The highest BCUT2D eigenvalue weighted by atomic mass is 19.4. The molecule has 0 unspecified atom stereocenters. The van der Waals surface area contributed by atoms with E-state index < -0.39 is 23.7 Å². The zero-order valence-electron chi connectivity index (χ0n) is 11.4. The summed E-state index contributed by atoms with van der Waals surface area (Å²) in [6.07, 6.45) is -4.20. The summed E-state index contributed by atoms with van der Waals surface area (Å²) < 4.78 is 39.7. The molecule has 2 amide bonds. The fourth-order valence-corrected chi connectivity index (χ4v) is 1.47. The maximum Gasteiger partial charge on any atom is 0.411 e. The Balaban J connectivity index is 2.29. The van der Waals surface area contributed by atoms with E-state index in [1.807, 2.05) is 0 Å². The Bertz CT molecular complexity index is 523. The number of rotatable bonds is 7. The minimum absolute atomic E-state index is 0.0262. The van der Waals surface area contributed by atoms with Gasteiger partial charge in [-0.05, 0) is 12.5 Å². The summed E-state index contributed by atoms with van der Waals surface area (Å²) in [6, 6.07) is 4.89. The molecule has 10 heteroatoms. The molecular weight excluding hydrogens is 307 g/mol. The lowest BCUT2D eigenvalue weighted by molar-refractivity contribution is -0.383. The standard InChI is InChI=1S/C12H14F3N3O4/c13-12(14,15)8-22-7-3-6-16-11(19)17-9-4-1-2-5-10(9)18(20)21/h1-2,4-5H,3,6-8H2,(H2,16,17,19). The Morgan fingerprint density at radius 1 is 1.32 bits per heavy atom. The first-order chi connectivity index (χ1) is 10.3. The third kappa shape index (κ3) is 6.88. The molecule has 0 spiro atoms. The van der Waals surface area contributed by atoms with Crippen LogP contribution in [0.5, 0.6) is 0 Å². The largest absolute Gasteiger partial charge is 0.411 e. The number of anilines is 1. The van der Waals surface area contributed by atoms with Crippen molar-refractivity contribution in [1.29, 1.82) is 0 Å². The molecule has 1 aromatic rings. The number of benzene rings is 1. The average Bonchev–Trinajstić information content (AvgIpc) is 2.42. The number of carbonyl (C=O) groups is 1. The molecule has 122 valence electrons. The molecule has 1 rings (SSSR count). The Hall–Kier alpha value is -2.36. The van der Waals surface area contributed by atoms with E-state index in [2.05, 4.69) is 15.4 Å². The van der Waals surface area contributed by atoms with Crippen LogP contribution >= 0.6 is 0 Å². The van der Waals surface area contributed by atoms with Gasteiger partial charge in [0, 0.05) is 19.2 Å². The molecule has 0 atom stereocenters. The number of nitro benzene ring substituents is 1. The topological polar surface area (TPSA) is 93.5 Å². The summed E-state index contributed by atoms with van der Waals surface area (Å²) in [5, 5.41) is 15.4. The van der Waals surface area contributed by atoms with Crippen molar-refractivity contribution in [3.8, 4) is 0 Å². The number of para-hydroxylation sites is 2. The van der Waals surface area contributed by atoms with Crippen LogP contribution in [0.1, 0.15) is 6.42 Å². The van der Waals surface area contributed by atoms with E-state index in [0.717, 1.165) is 0 Å². The van der Waals surface area contributed by atoms with Gasteiger partial charge in [0.1, 0.15) is 12.3 Å². The van der Waals surface area contributed by atoms with E-state index in [0.29, 0.717) is 0 Å². The number of amides is 2. The van der Waals surface area contributed by atoms with Crippen molar-refractivity contribution in [2.75, 3.05) is 25.1 Å². The number of ether oxygens (including phenoxy) is 1. The lowest BCUT2D eigenvalue weighted by atomic mass is 10.3. The van der Waals surface area contributed by atoms with Crippen LogP contribution in [-0.2, 0) is 4.74 Å². The minimum atomic E-state index is -4.38. The lowest BCUT2D eigenvalue weighted by Crippen LogP contribution is -2.30. The van der Waals surface area contributed by atoms with Gasteiger partial charge in [0.05, 0.1) is 4.92 Å². The van der Waals surface area contributed by atoms with Crippen molar-refractivity contribution in [2.45, 2.75) is 12.6 Å². The first kappa shape index (κ1) is 17.7. The number of nitrogens with zero attached hydrogens (tertiary/aromatic N) is 1. The summed E-state index contributed by atoms with van der Waals surface area (Å²) >= 11 is 0. The molecule has 0 aliphatic rings. The van der Waals surface area contributed by atoms with Crippen molar-refractivity contribution in [3.63, 3.8) is 0 Å². The summed E-state index contributed by atoms with van der Waals surface area (Å²) in [7, 11) is 0. The van der Waals surface area contributed by atoms with Crippen molar-refractivity contribution in [1.82, 2.24) is 5.32 Å². The molecule has 0 radical (unpaired) electrons. The molecule has 0 aromatic heterocycles. The maximum absolute atomic E-state index is 11.8. The van der Waals surface area contributed by atoms with Crippen molar-refractivity contribution < 1.29 is 27.6 Å². The fourth-order valence-electron chi connectivity index (χ4n) is 1.47. The molecule has 22 heavy (non-hydrogen) atoms. The smallest absolute Gasteiger partial charge is 0.372 e. The number of alkyl halides is 3. The molecule has 0 saturated heterocycles. The van der Waals surface area contributed by atoms with Crippen LogP contribution in [0.2, 0.25) is 0 Å². The molecule has 0 bridgehead atoms. The third-order valence-electron chi connectivity index (χ3n) is 2.37. The lowest BCUT2D eigenvalue weighted by Gasteiger charge is -2.09. The molecule has 0 saturated carbocycles. The highest BCUT2D eigenvalue weighted by Crippen LogP contribution is 2.22. The summed E-state index contributed by atoms with van der Waals surface area (Å²) in [5.74, 6) is 0. The second kappa shape index (κ2) is 8.17. The van der Waals surface area contributed by atoms with Gasteiger partial charge in [-0.25, -0.2) is 4.79 Å². The zero-order valence-corrected chi connectivity index (χ0v) is 11.4. The van der Waals surface area contributed by atoms with Gasteiger partial charge in [0.25, 0.3) is 5.69 Å². The fraction of sp³-hybridized carbons (Fsp3) is 0.417. The summed E-state index contributed by atoms with van der Waals surface area (Å²) in [4.78, 5) is 21.6. The molecule has 1 aromatic carbocycles. The molecule has 0 aliphatic carbocycles. The first-order valence-corrected chi connectivity index (χ1v) is 6.22. The van der Waals surface area contributed by atoms with E-state index >= 15 is 0 Å². The molecule has 7 nitrogen and oxygen atoms in total. The van der Waals surface area contributed by atoms with Gasteiger partial charge >= 0.3 is 12.2 Å². The molecular formula is C12H14F3N3O4. The SMILES string of the molecule is O=C(NCCCOCC(F)(F)F)Nc1ccccc1[N+](=O)[O-]. The van der Waals surface area contributed by atoms with Gasteiger partial charge in [0.15, 0.2) is 0 Å². The van der Waals surface area contributed by atoms with Crippen molar-refractivity contribution in [3.05, 3.63) is 34.4 Å². The Morgan fingerprint density at radius 3 is 2.64 bits per heavy atom. The van der Waals surface area contributed by atoms with Gasteiger partial charge in [-0.2, -0.15) is 13.2 Å². The second-order valence-electron chi connectivity index (χ2n) is 4.18. The number of urea groups is 1. The van der Waals surface area contributed by atoms with Crippen LogP contribution < -0.4 is 10.6 Å². The van der Waals surface area contributed by atoms with Gasteiger partial charge < -0.3 is 15.4 Å². The predicted octanol–water partition coefficient (Wildman–Crippen LogP) is 2.69. The van der Waals surface area contributed by atoms with E-state index in [1.165, 1.54) is 24.3 Å². The van der Waals surface area contributed by atoms with Gasteiger partial charge in [0.2, 0.25) is 0 Å². The van der Waals surface area contributed by atoms with Crippen LogP contribution in [0.25, 0.3) is 0 Å². The van der Waals surface area contributed by atoms with Gasteiger partial charge in [-0.3, -0.25) is 10.1 Å². The van der Waals surface area contributed by atoms with Crippen LogP contribution in [0, 0.1) is 10.1 Å². The second-order valence-corrected chi connectivity index (χ2v) is 4.18. The molecule has 0 aliphatic heterocycles. The number of nitrogens with one attached hydrogen (secondary N) is 2. The number of hydrogen-bond acceptors (Lipinski definition) is 4. The summed E-state index contributed by atoms with van der Waals surface area (Å²) in [5.41, 5.74) is -0.232. The highest BCUT2D eigenvalue weighted by Gasteiger charge is 2.27. The van der Waals surface area contributed by atoms with E-state index in [-0.39, 0.29) is 30.9 Å². The number of nitro groups is 1. The average molecular weight is 321 g/mol. The molecule has 0 heterocycles. The Kier molecular flexibility index (Phi) is 6.57. The predicted molar refractivity (Wildman–Crippen MR) is 71.6 cm³/mol. The van der Waals surface area contributed by atoms with E-state index in [4.69, 9.17) is 0 Å². The van der Waals surface area contributed by atoms with Crippen molar-refractivity contribution >= 4 is 17.4 Å². The number of carbonyl (C=O) groups excluding carboxylic acids is 1. The van der Waals surface area contributed by atoms with E-state index in [1.54, 1.807) is 0 Å². The van der Waals surface area contributed by atoms with Crippen molar-refractivity contribution in [2.24, 2.45) is 0 Å². The normalized spacial score (nSPS) is 11.0. The van der Waals surface area contributed by atoms with Gasteiger partial charge in [-0.1, -0.05) is 12.1 Å². The quantitative estimate of drug-likeness (QED) is 0.459. The molecule has 0 fully saturated rings. The zero-order chi connectivity index (χ0) is 16.6. The van der Waals surface area contributed by atoms with E-state index in [9.17, 15) is 28.1 Å².